The van der Waals surface area contributed by atoms with E-state index >= 15 is 0 Å². The number of halogens is 1. The van der Waals surface area contributed by atoms with Gasteiger partial charge in [0, 0.05) is 19.6 Å². The number of hydrogen-bond donors (Lipinski definition) is 1. The zero-order valence-electron chi connectivity index (χ0n) is 12.2. The molecule has 0 amide bonds. The number of aromatic nitrogens is 1. The van der Waals surface area contributed by atoms with Crippen LogP contribution in [-0.4, -0.2) is 25.1 Å². The molecular weight excluding hydrogens is 258 g/mol. The first-order valence-electron chi connectivity index (χ1n) is 7.19. The van der Waals surface area contributed by atoms with Gasteiger partial charge in [-0.25, -0.2) is 4.98 Å². The van der Waals surface area contributed by atoms with Gasteiger partial charge >= 0.3 is 0 Å². The lowest BCUT2D eigenvalue weighted by atomic mass is 9.82. The number of nitrogens with zero attached hydrogens (tertiary/aromatic N) is 2. The van der Waals surface area contributed by atoms with E-state index in [1.807, 2.05) is 19.2 Å². The first kappa shape index (κ1) is 14.6. The van der Waals surface area contributed by atoms with Crippen molar-refractivity contribution in [1.29, 1.82) is 0 Å². The van der Waals surface area contributed by atoms with Gasteiger partial charge in [0.1, 0.15) is 5.82 Å². The fraction of sp³-hybridized carbons (Fsp3) is 0.667. The molecule has 0 radical (unpaired) electrons. The Kier molecular flexibility index (Phi) is 4.69. The van der Waals surface area contributed by atoms with Crippen molar-refractivity contribution in [2.24, 2.45) is 5.41 Å². The molecule has 4 heteroatoms. The standard InChI is InChI=1S/C15H24ClN3/c1-4-15(5-2)8-9-19(11-15)14-7-6-12(16)13(18-14)10-17-3/h6-7,17H,4-5,8-11H2,1-3H3. The quantitative estimate of drug-likeness (QED) is 0.896. The second kappa shape index (κ2) is 6.10. The summed E-state index contributed by atoms with van der Waals surface area (Å²) in [4.78, 5) is 7.11. The van der Waals surface area contributed by atoms with Crippen LogP contribution in [0.15, 0.2) is 12.1 Å². The van der Waals surface area contributed by atoms with Crippen molar-refractivity contribution in [2.75, 3.05) is 25.0 Å². The van der Waals surface area contributed by atoms with E-state index in [-0.39, 0.29) is 0 Å². The fourth-order valence-electron chi connectivity index (χ4n) is 2.90. The van der Waals surface area contributed by atoms with Gasteiger partial charge in [-0.2, -0.15) is 0 Å². The van der Waals surface area contributed by atoms with Crippen molar-refractivity contribution in [1.82, 2.24) is 10.3 Å². The fourth-order valence-corrected chi connectivity index (χ4v) is 3.07. The number of nitrogens with one attached hydrogen (secondary N) is 1. The van der Waals surface area contributed by atoms with E-state index in [4.69, 9.17) is 16.6 Å². The summed E-state index contributed by atoms with van der Waals surface area (Å²) < 4.78 is 0. The lowest BCUT2D eigenvalue weighted by Crippen LogP contribution is -2.27. The van der Waals surface area contributed by atoms with Gasteiger partial charge in [0.2, 0.25) is 0 Å². The summed E-state index contributed by atoms with van der Waals surface area (Å²) in [5, 5.41) is 3.86. The minimum Gasteiger partial charge on any atom is -0.356 e. The first-order valence-corrected chi connectivity index (χ1v) is 7.57. The third-order valence-corrected chi connectivity index (χ3v) is 4.85. The van der Waals surface area contributed by atoms with Crippen LogP contribution in [0.4, 0.5) is 5.82 Å². The van der Waals surface area contributed by atoms with Crippen molar-refractivity contribution in [3.05, 3.63) is 22.8 Å². The Morgan fingerprint density at radius 1 is 1.37 bits per heavy atom. The molecule has 0 aromatic carbocycles. The molecule has 19 heavy (non-hydrogen) atoms. The van der Waals surface area contributed by atoms with E-state index in [2.05, 4.69) is 24.1 Å². The molecule has 1 aliphatic heterocycles. The van der Waals surface area contributed by atoms with Gasteiger partial charge in [-0.15, -0.1) is 0 Å². The van der Waals surface area contributed by atoms with E-state index in [9.17, 15) is 0 Å². The Labute approximate surface area is 121 Å². The van der Waals surface area contributed by atoms with E-state index in [0.29, 0.717) is 12.0 Å². The van der Waals surface area contributed by atoms with Crippen LogP contribution in [0.25, 0.3) is 0 Å². The summed E-state index contributed by atoms with van der Waals surface area (Å²) in [6, 6.07) is 4.01. The molecule has 2 rings (SSSR count). The molecule has 0 spiro atoms. The van der Waals surface area contributed by atoms with Crippen molar-refractivity contribution >= 4 is 17.4 Å². The highest BCUT2D eigenvalue weighted by molar-refractivity contribution is 6.31. The van der Waals surface area contributed by atoms with Crippen LogP contribution in [0.3, 0.4) is 0 Å². The number of rotatable bonds is 5. The molecule has 1 aliphatic rings. The van der Waals surface area contributed by atoms with Crippen LogP contribution in [0.2, 0.25) is 5.02 Å². The van der Waals surface area contributed by atoms with E-state index in [0.717, 1.165) is 29.6 Å². The minimum atomic E-state index is 0.477. The third kappa shape index (κ3) is 3.03. The Morgan fingerprint density at radius 2 is 2.11 bits per heavy atom. The molecule has 1 N–H and O–H groups in total. The second-order valence-corrected chi connectivity index (χ2v) is 5.91. The monoisotopic (exact) mass is 281 g/mol. The molecule has 1 fully saturated rings. The summed E-state index contributed by atoms with van der Waals surface area (Å²) in [5.74, 6) is 1.07. The second-order valence-electron chi connectivity index (χ2n) is 5.51. The molecule has 0 saturated carbocycles. The van der Waals surface area contributed by atoms with Crippen molar-refractivity contribution in [3.63, 3.8) is 0 Å². The predicted molar refractivity (Wildman–Crippen MR) is 81.9 cm³/mol. The van der Waals surface area contributed by atoms with Gasteiger partial charge in [0.25, 0.3) is 0 Å². The van der Waals surface area contributed by atoms with E-state index in [1.54, 1.807) is 0 Å². The highest BCUT2D eigenvalue weighted by atomic mass is 35.5. The lowest BCUT2D eigenvalue weighted by molar-refractivity contribution is 0.301. The van der Waals surface area contributed by atoms with Gasteiger partial charge in [-0.05, 0) is 43.9 Å². The van der Waals surface area contributed by atoms with Crippen molar-refractivity contribution in [3.8, 4) is 0 Å². The van der Waals surface area contributed by atoms with Crippen molar-refractivity contribution < 1.29 is 0 Å². The van der Waals surface area contributed by atoms with Crippen LogP contribution >= 0.6 is 11.6 Å². The zero-order valence-corrected chi connectivity index (χ0v) is 12.9. The Morgan fingerprint density at radius 3 is 2.68 bits per heavy atom. The highest BCUT2D eigenvalue weighted by Crippen LogP contribution is 2.38. The van der Waals surface area contributed by atoms with Crippen molar-refractivity contribution in [2.45, 2.75) is 39.7 Å². The average molecular weight is 282 g/mol. The molecule has 1 saturated heterocycles. The lowest BCUT2D eigenvalue weighted by Gasteiger charge is -2.27. The summed E-state index contributed by atoms with van der Waals surface area (Å²) in [5.41, 5.74) is 1.41. The molecule has 1 aromatic rings. The summed E-state index contributed by atoms with van der Waals surface area (Å²) >= 11 is 6.17. The summed E-state index contributed by atoms with van der Waals surface area (Å²) in [6.07, 6.45) is 3.76. The maximum atomic E-state index is 6.17. The highest BCUT2D eigenvalue weighted by Gasteiger charge is 2.35. The predicted octanol–water partition coefficient (Wildman–Crippen LogP) is 3.47. The summed E-state index contributed by atoms with van der Waals surface area (Å²) in [6.45, 7) is 7.54. The van der Waals surface area contributed by atoms with E-state index in [1.165, 1.54) is 19.3 Å². The minimum absolute atomic E-state index is 0.477. The van der Waals surface area contributed by atoms with Gasteiger partial charge in [-0.1, -0.05) is 25.4 Å². The van der Waals surface area contributed by atoms with Crippen LogP contribution in [0.1, 0.15) is 38.8 Å². The molecular formula is C15H24ClN3. The average Bonchev–Trinajstić information content (AvgIpc) is 2.87. The third-order valence-electron chi connectivity index (χ3n) is 4.51. The molecule has 0 atom stereocenters. The molecule has 0 unspecified atom stereocenters. The van der Waals surface area contributed by atoms with Gasteiger partial charge in [-0.3, -0.25) is 0 Å². The molecule has 0 bridgehead atoms. The number of pyridine rings is 1. The molecule has 2 heterocycles. The maximum absolute atomic E-state index is 6.17. The topological polar surface area (TPSA) is 28.2 Å². The Bertz CT molecular complexity index is 429. The van der Waals surface area contributed by atoms with Gasteiger partial charge in [0.15, 0.2) is 0 Å². The number of anilines is 1. The van der Waals surface area contributed by atoms with Crippen LogP contribution in [0, 0.1) is 5.41 Å². The van der Waals surface area contributed by atoms with E-state index < -0.39 is 0 Å². The van der Waals surface area contributed by atoms with Gasteiger partial charge < -0.3 is 10.2 Å². The zero-order chi connectivity index (χ0) is 13.9. The Hall–Kier alpha value is -0.800. The van der Waals surface area contributed by atoms with Crippen LogP contribution in [-0.2, 0) is 6.54 Å². The summed E-state index contributed by atoms with van der Waals surface area (Å²) in [7, 11) is 1.92. The largest absolute Gasteiger partial charge is 0.356 e. The first-order chi connectivity index (χ1) is 9.14. The number of hydrogen-bond acceptors (Lipinski definition) is 3. The molecule has 3 nitrogen and oxygen atoms in total. The molecule has 106 valence electrons. The SMILES string of the molecule is CCC1(CC)CCN(c2ccc(Cl)c(CNC)n2)C1. The smallest absolute Gasteiger partial charge is 0.128 e. The van der Waals surface area contributed by atoms with Gasteiger partial charge in [0.05, 0.1) is 10.7 Å². The molecule has 0 aliphatic carbocycles. The Balaban J connectivity index is 2.17. The normalized spacial score (nSPS) is 18.0. The van der Waals surface area contributed by atoms with Crippen LogP contribution < -0.4 is 10.2 Å². The maximum Gasteiger partial charge on any atom is 0.128 e. The van der Waals surface area contributed by atoms with Crippen LogP contribution in [0.5, 0.6) is 0 Å². The molecule has 1 aromatic heterocycles.